The molecule has 0 saturated heterocycles. The number of benzene rings is 1. The fourth-order valence-electron chi connectivity index (χ4n) is 2.12. The Balaban J connectivity index is 1.84. The van der Waals surface area contributed by atoms with E-state index in [1.165, 1.54) is 12.0 Å². The van der Waals surface area contributed by atoms with Crippen molar-refractivity contribution in [2.45, 2.75) is 45.4 Å². The molecule has 0 radical (unpaired) electrons. The van der Waals surface area contributed by atoms with Gasteiger partial charge in [0.2, 0.25) is 0 Å². The summed E-state index contributed by atoms with van der Waals surface area (Å²) in [6, 6.07) is 10.6. The van der Waals surface area contributed by atoms with Crippen LogP contribution in [0.5, 0.6) is 0 Å². The fraction of sp³-hybridized carbons (Fsp3) is 0.588. The summed E-state index contributed by atoms with van der Waals surface area (Å²) in [5.41, 5.74) is 1.41. The molecule has 3 heteroatoms. The van der Waals surface area contributed by atoms with Crippen LogP contribution in [0, 0.1) is 0 Å². The van der Waals surface area contributed by atoms with E-state index < -0.39 is 0 Å². The van der Waals surface area contributed by atoms with Gasteiger partial charge in [0, 0.05) is 6.42 Å². The molecule has 0 fully saturated rings. The van der Waals surface area contributed by atoms with Crippen molar-refractivity contribution in [3.8, 4) is 0 Å². The zero-order valence-electron chi connectivity index (χ0n) is 12.6. The van der Waals surface area contributed by atoms with Crippen LogP contribution in [0.4, 0.5) is 0 Å². The van der Waals surface area contributed by atoms with E-state index in [1.54, 1.807) is 0 Å². The molecule has 112 valence electrons. The maximum atomic E-state index is 11.1. The summed E-state index contributed by atoms with van der Waals surface area (Å²) in [5, 5.41) is 3.45. The first-order chi connectivity index (χ1) is 9.83. The summed E-state index contributed by atoms with van der Waals surface area (Å²) >= 11 is 0. The van der Waals surface area contributed by atoms with Crippen LogP contribution >= 0.6 is 0 Å². The van der Waals surface area contributed by atoms with Crippen LogP contribution in [0.15, 0.2) is 30.3 Å². The van der Waals surface area contributed by atoms with Gasteiger partial charge < -0.3 is 10.1 Å². The number of aryl methyl sites for hydroxylation is 1. The highest BCUT2D eigenvalue weighted by Crippen LogP contribution is 2.02. The molecule has 0 spiro atoms. The third kappa shape index (κ3) is 8.70. The van der Waals surface area contributed by atoms with Crippen molar-refractivity contribution < 1.29 is 9.53 Å². The Morgan fingerprint density at radius 2 is 1.80 bits per heavy atom. The van der Waals surface area contributed by atoms with Gasteiger partial charge in [-0.1, -0.05) is 36.8 Å². The van der Waals surface area contributed by atoms with Gasteiger partial charge in [-0.2, -0.15) is 0 Å². The van der Waals surface area contributed by atoms with Gasteiger partial charge in [0.05, 0.1) is 6.61 Å². The van der Waals surface area contributed by atoms with Crippen molar-refractivity contribution in [3.05, 3.63) is 35.9 Å². The van der Waals surface area contributed by atoms with E-state index in [9.17, 15) is 4.79 Å². The number of nitrogens with one attached hydrogen (secondary N) is 1. The Hall–Kier alpha value is -1.35. The standard InChI is InChI=1S/C17H27NO2/c1-2-20-17(19)13-7-4-8-14-18-15-9-12-16-10-5-3-6-11-16/h3,5-6,10-11,18H,2,4,7-9,12-15H2,1H3. The molecule has 0 atom stereocenters. The minimum Gasteiger partial charge on any atom is -0.466 e. The van der Waals surface area contributed by atoms with E-state index in [0.717, 1.165) is 38.8 Å². The van der Waals surface area contributed by atoms with E-state index in [-0.39, 0.29) is 5.97 Å². The van der Waals surface area contributed by atoms with E-state index >= 15 is 0 Å². The van der Waals surface area contributed by atoms with Gasteiger partial charge >= 0.3 is 5.97 Å². The van der Waals surface area contributed by atoms with Crippen molar-refractivity contribution in [2.24, 2.45) is 0 Å². The molecule has 0 amide bonds. The number of carbonyl (C=O) groups excluding carboxylic acids is 1. The molecular formula is C17H27NO2. The molecule has 1 rings (SSSR count). The topological polar surface area (TPSA) is 38.3 Å². The van der Waals surface area contributed by atoms with Gasteiger partial charge in [0.25, 0.3) is 0 Å². The highest BCUT2D eigenvalue weighted by molar-refractivity contribution is 5.69. The lowest BCUT2D eigenvalue weighted by molar-refractivity contribution is -0.143. The van der Waals surface area contributed by atoms with Crippen LogP contribution in [0.2, 0.25) is 0 Å². The average Bonchev–Trinajstić information content (AvgIpc) is 2.47. The molecule has 0 aliphatic rings. The predicted octanol–water partition coefficient (Wildman–Crippen LogP) is 3.33. The Bertz CT molecular complexity index is 351. The van der Waals surface area contributed by atoms with Crippen LogP contribution in [-0.4, -0.2) is 25.7 Å². The monoisotopic (exact) mass is 277 g/mol. The average molecular weight is 277 g/mol. The number of unbranched alkanes of at least 4 members (excludes halogenated alkanes) is 2. The van der Waals surface area contributed by atoms with Crippen molar-refractivity contribution in [2.75, 3.05) is 19.7 Å². The normalized spacial score (nSPS) is 10.4. The molecule has 0 saturated carbocycles. The number of carbonyl (C=O) groups is 1. The molecule has 20 heavy (non-hydrogen) atoms. The van der Waals surface area contributed by atoms with Crippen molar-refractivity contribution in [1.82, 2.24) is 5.32 Å². The first kappa shape index (κ1) is 16.7. The molecule has 1 N–H and O–H groups in total. The van der Waals surface area contributed by atoms with Crippen molar-refractivity contribution >= 4 is 5.97 Å². The van der Waals surface area contributed by atoms with E-state index in [4.69, 9.17) is 4.74 Å². The third-order valence-corrected chi connectivity index (χ3v) is 3.20. The van der Waals surface area contributed by atoms with Crippen molar-refractivity contribution in [1.29, 1.82) is 0 Å². The smallest absolute Gasteiger partial charge is 0.305 e. The molecule has 0 aliphatic heterocycles. The van der Waals surface area contributed by atoms with E-state index in [2.05, 4.69) is 35.6 Å². The summed E-state index contributed by atoms with van der Waals surface area (Å²) in [4.78, 5) is 11.1. The highest BCUT2D eigenvalue weighted by atomic mass is 16.5. The number of rotatable bonds is 11. The van der Waals surface area contributed by atoms with Crippen LogP contribution < -0.4 is 5.32 Å². The van der Waals surface area contributed by atoms with Crippen molar-refractivity contribution in [3.63, 3.8) is 0 Å². The van der Waals surface area contributed by atoms with Gasteiger partial charge in [0.1, 0.15) is 0 Å². The van der Waals surface area contributed by atoms with Gasteiger partial charge in [-0.15, -0.1) is 0 Å². The summed E-state index contributed by atoms with van der Waals surface area (Å²) in [6.45, 7) is 4.43. The molecule has 0 aliphatic carbocycles. The molecule has 0 unspecified atom stereocenters. The SMILES string of the molecule is CCOC(=O)CCCCCNCCCc1ccccc1. The largest absolute Gasteiger partial charge is 0.466 e. The lowest BCUT2D eigenvalue weighted by atomic mass is 10.1. The Labute approximate surface area is 122 Å². The maximum Gasteiger partial charge on any atom is 0.305 e. The van der Waals surface area contributed by atoms with Crippen LogP contribution in [0.25, 0.3) is 0 Å². The molecule has 0 heterocycles. The minimum atomic E-state index is -0.0664. The molecule has 0 bridgehead atoms. The highest BCUT2D eigenvalue weighted by Gasteiger charge is 2.00. The van der Waals surface area contributed by atoms with Gasteiger partial charge in [0.15, 0.2) is 0 Å². The summed E-state index contributed by atoms with van der Waals surface area (Å²) in [5.74, 6) is -0.0664. The van der Waals surface area contributed by atoms with Gasteiger partial charge in [-0.25, -0.2) is 0 Å². The maximum absolute atomic E-state index is 11.1. The minimum absolute atomic E-state index is 0.0664. The van der Waals surface area contributed by atoms with Gasteiger partial charge in [-0.3, -0.25) is 4.79 Å². The van der Waals surface area contributed by atoms with E-state index in [1.807, 2.05) is 6.92 Å². The van der Waals surface area contributed by atoms with Crippen LogP contribution in [0.3, 0.4) is 0 Å². The second-order valence-corrected chi connectivity index (χ2v) is 4.95. The van der Waals surface area contributed by atoms with Gasteiger partial charge in [-0.05, 0) is 51.3 Å². The quantitative estimate of drug-likeness (QED) is 0.498. The second-order valence-electron chi connectivity index (χ2n) is 4.95. The number of esters is 1. The lowest BCUT2D eigenvalue weighted by Crippen LogP contribution is -2.17. The lowest BCUT2D eigenvalue weighted by Gasteiger charge is -2.05. The summed E-state index contributed by atoms with van der Waals surface area (Å²) in [7, 11) is 0. The first-order valence-electron chi connectivity index (χ1n) is 7.73. The first-order valence-corrected chi connectivity index (χ1v) is 7.73. The second kappa shape index (κ2) is 11.5. The zero-order chi connectivity index (χ0) is 14.5. The Morgan fingerprint density at radius 3 is 2.55 bits per heavy atom. The Kier molecular flexibility index (Phi) is 9.58. The molecular weight excluding hydrogens is 250 g/mol. The van der Waals surface area contributed by atoms with Crippen LogP contribution in [-0.2, 0) is 16.0 Å². The molecule has 0 aromatic heterocycles. The molecule has 1 aromatic carbocycles. The number of hydrogen-bond acceptors (Lipinski definition) is 3. The predicted molar refractivity (Wildman–Crippen MR) is 82.7 cm³/mol. The van der Waals surface area contributed by atoms with Crippen LogP contribution in [0.1, 0.15) is 44.6 Å². The number of hydrogen-bond donors (Lipinski definition) is 1. The molecule has 1 aromatic rings. The summed E-state index contributed by atoms with van der Waals surface area (Å²) in [6.07, 6.45) is 6.02. The fourth-order valence-corrected chi connectivity index (χ4v) is 2.12. The summed E-state index contributed by atoms with van der Waals surface area (Å²) < 4.78 is 4.89. The van der Waals surface area contributed by atoms with E-state index in [0.29, 0.717) is 13.0 Å². The zero-order valence-corrected chi connectivity index (χ0v) is 12.6. The third-order valence-electron chi connectivity index (χ3n) is 3.20. The molecule has 3 nitrogen and oxygen atoms in total. The number of ether oxygens (including phenoxy) is 1. The Morgan fingerprint density at radius 1 is 1.05 bits per heavy atom.